The van der Waals surface area contributed by atoms with E-state index in [0.29, 0.717) is 5.69 Å². The Morgan fingerprint density at radius 1 is 1.38 bits per heavy atom. The Labute approximate surface area is 78.5 Å². The molecule has 0 unspecified atom stereocenters. The standard InChI is InChI=1S/C8H4ClNO3/c1-3-2-4-5(6(9)10-3)8(12)13-7(4)11/h2H,1H3. The van der Waals surface area contributed by atoms with Crippen molar-refractivity contribution in [1.82, 2.24) is 4.98 Å². The summed E-state index contributed by atoms with van der Waals surface area (Å²) in [7, 11) is 0. The Hall–Kier alpha value is -1.42. The average Bonchev–Trinajstić information content (AvgIpc) is 2.27. The number of cyclic esters (lactones) is 2. The Morgan fingerprint density at radius 2 is 2.08 bits per heavy atom. The van der Waals surface area contributed by atoms with Gasteiger partial charge in [-0.25, -0.2) is 14.6 Å². The molecule has 4 nitrogen and oxygen atoms in total. The van der Waals surface area contributed by atoms with Crippen LogP contribution in [0.25, 0.3) is 0 Å². The lowest BCUT2D eigenvalue weighted by atomic mass is 10.1. The third kappa shape index (κ3) is 1.10. The van der Waals surface area contributed by atoms with Crippen molar-refractivity contribution in [3.8, 4) is 0 Å². The Kier molecular flexibility index (Phi) is 1.60. The highest BCUT2D eigenvalue weighted by atomic mass is 35.5. The molecular weight excluding hydrogens is 194 g/mol. The van der Waals surface area contributed by atoms with Gasteiger partial charge in [-0.2, -0.15) is 0 Å². The second-order valence-electron chi connectivity index (χ2n) is 2.65. The third-order valence-electron chi connectivity index (χ3n) is 1.71. The first kappa shape index (κ1) is 8.19. The number of nitrogens with zero attached hydrogens (tertiary/aromatic N) is 1. The molecule has 0 bridgehead atoms. The van der Waals surface area contributed by atoms with Crippen LogP contribution in [0, 0.1) is 6.92 Å². The average molecular weight is 198 g/mol. The molecular formula is C8H4ClNO3. The van der Waals surface area contributed by atoms with Crippen LogP contribution in [0.1, 0.15) is 26.4 Å². The molecule has 1 aromatic rings. The van der Waals surface area contributed by atoms with Gasteiger partial charge in [-0.3, -0.25) is 0 Å². The number of ether oxygens (including phenoxy) is 1. The van der Waals surface area contributed by atoms with E-state index in [-0.39, 0.29) is 16.3 Å². The van der Waals surface area contributed by atoms with Crippen LogP contribution < -0.4 is 0 Å². The Balaban J connectivity index is 2.77. The number of aromatic nitrogens is 1. The maximum absolute atomic E-state index is 11.1. The lowest BCUT2D eigenvalue weighted by Gasteiger charge is -1.96. The normalized spacial score (nSPS) is 14.3. The van der Waals surface area contributed by atoms with E-state index in [1.165, 1.54) is 6.07 Å². The highest BCUT2D eigenvalue weighted by molar-refractivity contribution is 6.34. The summed E-state index contributed by atoms with van der Waals surface area (Å²) < 4.78 is 4.37. The van der Waals surface area contributed by atoms with Crippen molar-refractivity contribution in [2.24, 2.45) is 0 Å². The van der Waals surface area contributed by atoms with Crippen LogP contribution in [0.2, 0.25) is 5.15 Å². The summed E-state index contributed by atoms with van der Waals surface area (Å²) in [5, 5.41) is 0.0193. The zero-order valence-electron chi connectivity index (χ0n) is 6.63. The molecule has 0 aromatic carbocycles. The minimum atomic E-state index is -0.725. The molecule has 2 heterocycles. The van der Waals surface area contributed by atoms with Gasteiger partial charge < -0.3 is 4.74 Å². The van der Waals surface area contributed by atoms with Crippen molar-refractivity contribution in [1.29, 1.82) is 0 Å². The summed E-state index contributed by atoms with van der Waals surface area (Å²) in [4.78, 5) is 25.9. The number of fused-ring (bicyclic) bond motifs is 1. The second kappa shape index (κ2) is 2.53. The van der Waals surface area contributed by atoms with Gasteiger partial charge in [0.15, 0.2) is 0 Å². The fourth-order valence-corrected chi connectivity index (χ4v) is 1.49. The first-order valence-electron chi connectivity index (χ1n) is 3.53. The zero-order chi connectivity index (χ0) is 9.59. The van der Waals surface area contributed by atoms with Crippen LogP contribution in [0.5, 0.6) is 0 Å². The van der Waals surface area contributed by atoms with E-state index in [0.717, 1.165) is 0 Å². The van der Waals surface area contributed by atoms with E-state index in [2.05, 4.69) is 9.72 Å². The van der Waals surface area contributed by atoms with Crippen LogP contribution in [0.3, 0.4) is 0 Å². The number of halogens is 1. The number of carbonyl (C=O) groups excluding carboxylic acids is 2. The summed E-state index contributed by atoms with van der Waals surface area (Å²) in [6, 6.07) is 1.48. The fraction of sp³-hybridized carbons (Fsp3) is 0.125. The number of carbonyl (C=O) groups is 2. The van der Waals surface area contributed by atoms with Gasteiger partial charge in [0.25, 0.3) is 0 Å². The van der Waals surface area contributed by atoms with Crippen LogP contribution in [0.15, 0.2) is 6.07 Å². The predicted octanol–water partition coefficient (Wildman–Crippen LogP) is 1.35. The molecule has 1 aromatic heterocycles. The van der Waals surface area contributed by atoms with Crippen molar-refractivity contribution in [3.63, 3.8) is 0 Å². The number of pyridine rings is 1. The SMILES string of the molecule is Cc1cc2c(c(Cl)n1)C(=O)OC2=O. The lowest BCUT2D eigenvalue weighted by molar-refractivity contribution is 0.0444. The van der Waals surface area contributed by atoms with Gasteiger partial charge in [0.1, 0.15) is 10.7 Å². The van der Waals surface area contributed by atoms with Crippen LogP contribution in [-0.2, 0) is 4.74 Å². The summed E-state index contributed by atoms with van der Waals surface area (Å²) in [5.41, 5.74) is 0.843. The summed E-state index contributed by atoms with van der Waals surface area (Å²) in [5.74, 6) is -1.38. The molecule has 2 rings (SSSR count). The molecule has 5 heteroatoms. The van der Waals surface area contributed by atoms with E-state index < -0.39 is 11.9 Å². The molecule has 0 saturated heterocycles. The monoisotopic (exact) mass is 197 g/mol. The molecule has 66 valence electrons. The van der Waals surface area contributed by atoms with Gasteiger partial charge in [-0.15, -0.1) is 0 Å². The van der Waals surface area contributed by atoms with Gasteiger partial charge in [-0.05, 0) is 13.0 Å². The minimum Gasteiger partial charge on any atom is -0.386 e. The highest BCUT2D eigenvalue weighted by Crippen LogP contribution is 2.26. The molecule has 0 atom stereocenters. The van der Waals surface area contributed by atoms with Crippen molar-refractivity contribution in [2.45, 2.75) is 6.92 Å². The van der Waals surface area contributed by atoms with E-state index in [4.69, 9.17) is 11.6 Å². The molecule has 0 fully saturated rings. The van der Waals surface area contributed by atoms with Crippen molar-refractivity contribution in [2.75, 3.05) is 0 Å². The zero-order valence-corrected chi connectivity index (χ0v) is 7.38. The topological polar surface area (TPSA) is 56.3 Å². The quantitative estimate of drug-likeness (QED) is 0.358. The van der Waals surface area contributed by atoms with Crippen LogP contribution >= 0.6 is 11.6 Å². The molecule has 1 aliphatic heterocycles. The molecule has 0 radical (unpaired) electrons. The Morgan fingerprint density at radius 3 is 2.77 bits per heavy atom. The van der Waals surface area contributed by atoms with Crippen molar-refractivity contribution < 1.29 is 14.3 Å². The molecule has 0 N–H and O–H groups in total. The molecule has 0 aliphatic carbocycles. The largest absolute Gasteiger partial charge is 0.386 e. The summed E-state index contributed by atoms with van der Waals surface area (Å²) in [6.07, 6.45) is 0. The molecule has 1 aliphatic rings. The van der Waals surface area contributed by atoms with Gasteiger partial charge in [0, 0.05) is 5.69 Å². The Bertz CT molecular complexity index is 428. The van der Waals surface area contributed by atoms with Gasteiger partial charge in [-0.1, -0.05) is 11.6 Å². The van der Waals surface area contributed by atoms with Gasteiger partial charge in [0.05, 0.1) is 5.56 Å². The fourth-order valence-electron chi connectivity index (χ4n) is 1.18. The molecule has 0 amide bonds. The number of hydrogen-bond acceptors (Lipinski definition) is 4. The highest BCUT2D eigenvalue weighted by Gasteiger charge is 2.32. The minimum absolute atomic E-state index is 0.0193. The van der Waals surface area contributed by atoms with E-state index in [1.807, 2.05) is 0 Å². The first-order chi connectivity index (χ1) is 6.09. The maximum Gasteiger partial charge on any atom is 0.350 e. The number of hydrogen-bond donors (Lipinski definition) is 0. The van der Waals surface area contributed by atoms with Crippen molar-refractivity contribution in [3.05, 3.63) is 28.0 Å². The van der Waals surface area contributed by atoms with E-state index in [9.17, 15) is 9.59 Å². The smallest absolute Gasteiger partial charge is 0.350 e. The third-order valence-corrected chi connectivity index (χ3v) is 1.99. The number of aryl methyl sites for hydroxylation is 1. The number of esters is 2. The van der Waals surface area contributed by atoms with E-state index in [1.54, 1.807) is 6.92 Å². The summed E-state index contributed by atoms with van der Waals surface area (Å²) >= 11 is 5.67. The molecule has 0 saturated carbocycles. The first-order valence-corrected chi connectivity index (χ1v) is 3.91. The van der Waals surface area contributed by atoms with Gasteiger partial charge in [0.2, 0.25) is 0 Å². The van der Waals surface area contributed by atoms with Crippen molar-refractivity contribution >= 4 is 23.5 Å². The predicted molar refractivity (Wildman–Crippen MR) is 43.7 cm³/mol. The van der Waals surface area contributed by atoms with Crippen LogP contribution in [-0.4, -0.2) is 16.9 Å². The van der Waals surface area contributed by atoms with Gasteiger partial charge >= 0.3 is 11.9 Å². The maximum atomic E-state index is 11.1. The van der Waals surface area contributed by atoms with E-state index >= 15 is 0 Å². The second-order valence-corrected chi connectivity index (χ2v) is 3.01. The molecule has 13 heavy (non-hydrogen) atoms. The lowest BCUT2D eigenvalue weighted by Crippen LogP contribution is -1.97. The summed E-state index contributed by atoms with van der Waals surface area (Å²) in [6.45, 7) is 1.68. The number of rotatable bonds is 0. The molecule has 0 spiro atoms. The van der Waals surface area contributed by atoms with Crippen LogP contribution in [0.4, 0.5) is 0 Å².